The molecule has 1 aromatic rings. The van der Waals surface area contributed by atoms with Crippen LogP contribution in [0.15, 0.2) is 18.2 Å². The zero-order valence-corrected chi connectivity index (χ0v) is 10.4. The van der Waals surface area contributed by atoms with Crippen molar-refractivity contribution in [2.24, 2.45) is 17.6 Å². The van der Waals surface area contributed by atoms with Crippen molar-refractivity contribution in [1.29, 1.82) is 0 Å². The van der Waals surface area contributed by atoms with Gasteiger partial charge in [0.1, 0.15) is 17.2 Å². The summed E-state index contributed by atoms with van der Waals surface area (Å²) in [6, 6.07) is 4.74. The van der Waals surface area contributed by atoms with E-state index in [0.717, 1.165) is 24.3 Å². The molecule has 1 spiro atoms. The summed E-state index contributed by atoms with van der Waals surface area (Å²) >= 11 is 0. The Balaban J connectivity index is 1.75. The van der Waals surface area contributed by atoms with Crippen LogP contribution in [0.5, 0.6) is 5.75 Å². The summed E-state index contributed by atoms with van der Waals surface area (Å²) in [7, 11) is 0. The standard InChI is InChI=1S/C15H18FNO/c16-11-3-4-12-13(17)8-15(18-14(12)6-11)7-9-1-2-10(15)5-9/h3-4,6,9-10,13H,1-2,5,7-8,17H2/t9?,10?,13-,15?/m0/s1. The van der Waals surface area contributed by atoms with E-state index in [-0.39, 0.29) is 17.5 Å². The highest BCUT2D eigenvalue weighted by Gasteiger charge is 2.55. The Labute approximate surface area is 106 Å². The fraction of sp³-hybridized carbons (Fsp3) is 0.600. The summed E-state index contributed by atoms with van der Waals surface area (Å²) in [6.45, 7) is 0. The van der Waals surface area contributed by atoms with Crippen LogP contribution in [0.1, 0.15) is 43.7 Å². The molecule has 3 unspecified atom stereocenters. The first kappa shape index (κ1) is 10.8. The lowest BCUT2D eigenvalue weighted by Gasteiger charge is -2.44. The molecule has 0 aromatic heterocycles. The zero-order valence-electron chi connectivity index (χ0n) is 10.4. The quantitative estimate of drug-likeness (QED) is 0.764. The number of benzene rings is 1. The maximum atomic E-state index is 13.4. The van der Waals surface area contributed by atoms with Crippen LogP contribution < -0.4 is 10.5 Å². The second-order valence-corrected chi connectivity index (χ2v) is 6.24. The van der Waals surface area contributed by atoms with Crippen molar-refractivity contribution in [3.8, 4) is 5.75 Å². The Hall–Kier alpha value is -1.09. The monoisotopic (exact) mass is 247 g/mol. The van der Waals surface area contributed by atoms with Gasteiger partial charge in [0.2, 0.25) is 0 Å². The molecular weight excluding hydrogens is 229 g/mol. The predicted octanol–water partition coefficient (Wildman–Crippen LogP) is 3.17. The molecule has 2 nitrogen and oxygen atoms in total. The summed E-state index contributed by atoms with van der Waals surface area (Å²) in [4.78, 5) is 0. The van der Waals surface area contributed by atoms with Crippen LogP contribution in [-0.2, 0) is 0 Å². The van der Waals surface area contributed by atoms with Crippen LogP contribution in [0.2, 0.25) is 0 Å². The Morgan fingerprint density at radius 2 is 2.17 bits per heavy atom. The van der Waals surface area contributed by atoms with Gasteiger partial charge in [-0.2, -0.15) is 0 Å². The number of halogens is 1. The highest BCUT2D eigenvalue weighted by molar-refractivity contribution is 5.40. The Morgan fingerprint density at radius 1 is 1.28 bits per heavy atom. The van der Waals surface area contributed by atoms with Gasteiger partial charge in [0.15, 0.2) is 0 Å². The molecule has 4 atom stereocenters. The maximum absolute atomic E-state index is 13.4. The molecule has 4 rings (SSSR count). The van der Waals surface area contributed by atoms with E-state index in [0.29, 0.717) is 11.7 Å². The molecule has 0 amide bonds. The van der Waals surface area contributed by atoms with E-state index in [4.69, 9.17) is 10.5 Å². The topological polar surface area (TPSA) is 35.2 Å². The van der Waals surface area contributed by atoms with Gasteiger partial charge in [-0.05, 0) is 43.6 Å². The minimum atomic E-state index is -0.235. The highest BCUT2D eigenvalue weighted by atomic mass is 19.1. The van der Waals surface area contributed by atoms with Gasteiger partial charge in [-0.3, -0.25) is 0 Å². The lowest BCUT2D eigenvalue weighted by atomic mass is 9.76. The summed E-state index contributed by atoms with van der Waals surface area (Å²) < 4.78 is 19.6. The maximum Gasteiger partial charge on any atom is 0.127 e. The van der Waals surface area contributed by atoms with Gasteiger partial charge in [-0.15, -0.1) is 0 Å². The molecule has 2 saturated carbocycles. The molecule has 3 aliphatic rings. The Morgan fingerprint density at radius 3 is 2.89 bits per heavy atom. The van der Waals surface area contributed by atoms with Crippen LogP contribution in [0.4, 0.5) is 4.39 Å². The van der Waals surface area contributed by atoms with Gasteiger partial charge in [0.05, 0.1) is 0 Å². The summed E-state index contributed by atoms with van der Waals surface area (Å²) in [6.07, 6.45) is 5.87. The third-order valence-corrected chi connectivity index (χ3v) is 5.17. The zero-order chi connectivity index (χ0) is 12.3. The summed E-state index contributed by atoms with van der Waals surface area (Å²) in [5.41, 5.74) is 7.15. The second-order valence-electron chi connectivity index (χ2n) is 6.24. The number of nitrogens with two attached hydrogens (primary N) is 1. The molecule has 0 saturated heterocycles. The fourth-order valence-corrected chi connectivity index (χ4v) is 4.41. The van der Waals surface area contributed by atoms with Crippen molar-refractivity contribution in [1.82, 2.24) is 0 Å². The van der Waals surface area contributed by atoms with Crippen molar-refractivity contribution in [2.45, 2.75) is 43.7 Å². The molecule has 2 N–H and O–H groups in total. The lowest BCUT2D eigenvalue weighted by molar-refractivity contribution is -0.0143. The third-order valence-electron chi connectivity index (χ3n) is 5.17. The van der Waals surface area contributed by atoms with E-state index in [1.54, 1.807) is 6.07 Å². The molecule has 2 aliphatic carbocycles. The minimum absolute atomic E-state index is 0.00583. The summed E-state index contributed by atoms with van der Waals surface area (Å²) in [5, 5.41) is 0. The van der Waals surface area contributed by atoms with Crippen molar-refractivity contribution in [3.05, 3.63) is 29.6 Å². The summed E-state index contributed by atoms with van der Waals surface area (Å²) in [5.74, 6) is 1.88. The van der Waals surface area contributed by atoms with E-state index in [9.17, 15) is 4.39 Å². The van der Waals surface area contributed by atoms with Crippen LogP contribution in [0.3, 0.4) is 0 Å². The van der Waals surface area contributed by atoms with Gasteiger partial charge in [-0.1, -0.05) is 6.07 Å². The van der Waals surface area contributed by atoms with E-state index >= 15 is 0 Å². The van der Waals surface area contributed by atoms with Crippen molar-refractivity contribution in [3.63, 3.8) is 0 Å². The molecule has 96 valence electrons. The second kappa shape index (κ2) is 3.47. The molecule has 0 radical (unpaired) electrons. The first-order valence-corrected chi connectivity index (χ1v) is 6.90. The Kier molecular flexibility index (Phi) is 2.08. The van der Waals surface area contributed by atoms with E-state index in [2.05, 4.69) is 0 Å². The first-order chi connectivity index (χ1) is 8.66. The van der Waals surface area contributed by atoms with E-state index in [1.807, 2.05) is 0 Å². The van der Waals surface area contributed by atoms with Crippen LogP contribution in [0.25, 0.3) is 0 Å². The molecule has 2 bridgehead atoms. The van der Waals surface area contributed by atoms with Crippen LogP contribution in [0, 0.1) is 17.7 Å². The van der Waals surface area contributed by atoms with Gasteiger partial charge >= 0.3 is 0 Å². The number of fused-ring (bicyclic) bond motifs is 4. The van der Waals surface area contributed by atoms with Gasteiger partial charge < -0.3 is 10.5 Å². The smallest absolute Gasteiger partial charge is 0.127 e. The predicted molar refractivity (Wildman–Crippen MR) is 66.8 cm³/mol. The van der Waals surface area contributed by atoms with Crippen molar-refractivity contribution in [2.75, 3.05) is 0 Å². The van der Waals surface area contributed by atoms with Gasteiger partial charge in [-0.25, -0.2) is 4.39 Å². The minimum Gasteiger partial charge on any atom is -0.486 e. The van der Waals surface area contributed by atoms with Crippen LogP contribution >= 0.6 is 0 Å². The lowest BCUT2D eigenvalue weighted by Crippen LogP contribution is -2.47. The van der Waals surface area contributed by atoms with Crippen LogP contribution in [-0.4, -0.2) is 5.60 Å². The highest BCUT2D eigenvalue weighted by Crippen LogP contribution is 2.57. The third kappa shape index (κ3) is 1.37. The molecule has 1 aliphatic heterocycles. The van der Waals surface area contributed by atoms with Gasteiger partial charge in [0, 0.05) is 24.1 Å². The number of rotatable bonds is 0. The largest absolute Gasteiger partial charge is 0.486 e. The molecule has 2 fully saturated rings. The Bertz CT molecular complexity index is 503. The average molecular weight is 247 g/mol. The van der Waals surface area contributed by atoms with Gasteiger partial charge in [0.25, 0.3) is 0 Å². The van der Waals surface area contributed by atoms with E-state index in [1.165, 1.54) is 31.4 Å². The molecule has 1 heterocycles. The fourth-order valence-electron chi connectivity index (χ4n) is 4.41. The van der Waals surface area contributed by atoms with Crippen molar-refractivity contribution < 1.29 is 9.13 Å². The molecular formula is C15H18FNO. The average Bonchev–Trinajstić information content (AvgIpc) is 2.88. The first-order valence-electron chi connectivity index (χ1n) is 6.90. The number of hydrogen-bond donors (Lipinski definition) is 1. The number of ether oxygens (including phenoxy) is 1. The van der Waals surface area contributed by atoms with E-state index < -0.39 is 0 Å². The normalized spacial score (nSPS) is 40.9. The number of hydrogen-bond acceptors (Lipinski definition) is 2. The SMILES string of the molecule is N[C@H]1CC2(CC3CCC2C3)Oc2cc(F)ccc21. The van der Waals surface area contributed by atoms with Crippen molar-refractivity contribution >= 4 is 0 Å². The molecule has 1 aromatic carbocycles. The molecule has 3 heteroatoms. The molecule has 18 heavy (non-hydrogen) atoms.